The van der Waals surface area contributed by atoms with Gasteiger partial charge in [0.25, 0.3) is 0 Å². The molecule has 0 bridgehead atoms. The van der Waals surface area contributed by atoms with Crippen LogP contribution in [0, 0.1) is 11.2 Å². The van der Waals surface area contributed by atoms with Gasteiger partial charge < -0.3 is 10.1 Å². The molecule has 1 aliphatic carbocycles. The molecule has 9 heteroatoms. The van der Waals surface area contributed by atoms with Gasteiger partial charge in [-0.15, -0.1) is 0 Å². The standard InChI is InChI=1S/C38H34Cl2FN3O3/c1-36(2)18-20-37(21-19-36)38(25-16-17-27(40)42-33(25)43-35(38)46)28(24-14-9-15-26(39)29(24)41)31-34(45)47-32(23-12-7-4-8-13-23)30(44(31)37)22-10-5-3-6-11-22/h3-17,28,30-32H,18-21H2,1-2H3,(H,42,43,46)/t28-,30?,31+,32?,38-/m0/s1. The van der Waals surface area contributed by atoms with Crippen LogP contribution in [0.4, 0.5) is 10.2 Å². The number of benzene rings is 3. The lowest BCUT2D eigenvalue weighted by Gasteiger charge is -2.57. The van der Waals surface area contributed by atoms with Gasteiger partial charge in [0.2, 0.25) is 5.91 Å². The minimum absolute atomic E-state index is 0.00510. The summed E-state index contributed by atoms with van der Waals surface area (Å²) in [5, 5.41) is 3.20. The van der Waals surface area contributed by atoms with Crippen molar-refractivity contribution >= 4 is 40.9 Å². The van der Waals surface area contributed by atoms with Crippen LogP contribution in [-0.4, -0.2) is 33.3 Å². The molecule has 1 aromatic heterocycles. The number of ether oxygens (including phenoxy) is 1. The van der Waals surface area contributed by atoms with Gasteiger partial charge in [-0.05, 0) is 59.9 Å². The Morgan fingerprint density at radius 3 is 2.17 bits per heavy atom. The number of cyclic esters (lactones) is 1. The molecule has 2 spiro atoms. The van der Waals surface area contributed by atoms with Gasteiger partial charge in [0.1, 0.15) is 34.3 Å². The van der Waals surface area contributed by atoms with Crippen molar-refractivity contribution in [2.75, 3.05) is 5.32 Å². The monoisotopic (exact) mass is 669 g/mol. The zero-order valence-corrected chi connectivity index (χ0v) is 27.6. The van der Waals surface area contributed by atoms with E-state index in [2.05, 4.69) is 29.0 Å². The van der Waals surface area contributed by atoms with Crippen molar-refractivity contribution in [2.24, 2.45) is 5.41 Å². The molecule has 5 atom stereocenters. The second-order valence-electron chi connectivity index (χ2n) is 14.1. The molecule has 4 aliphatic rings. The number of pyridine rings is 1. The van der Waals surface area contributed by atoms with Crippen LogP contribution in [0.5, 0.6) is 0 Å². The highest BCUT2D eigenvalue weighted by molar-refractivity contribution is 6.31. The van der Waals surface area contributed by atoms with E-state index in [1.165, 1.54) is 6.07 Å². The van der Waals surface area contributed by atoms with Gasteiger partial charge in [-0.2, -0.15) is 0 Å². The van der Waals surface area contributed by atoms with Crippen LogP contribution in [0.2, 0.25) is 10.2 Å². The zero-order chi connectivity index (χ0) is 32.7. The van der Waals surface area contributed by atoms with Crippen molar-refractivity contribution in [2.45, 2.75) is 74.6 Å². The fourth-order valence-electron chi connectivity index (χ4n) is 9.23. The zero-order valence-electron chi connectivity index (χ0n) is 26.1. The molecule has 1 saturated carbocycles. The average Bonchev–Trinajstić information content (AvgIpc) is 3.50. The Labute approximate surface area is 283 Å². The van der Waals surface area contributed by atoms with Gasteiger partial charge >= 0.3 is 5.97 Å². The minimum Gasteiger partial charge on any atom is -0.454 e. The predicted octanol–water partition coefficient (Wildman–Crippen LogP) is 8.56. The lowest BCUT2D eigenvalue weighted by molar-refractivity contribution is -0.184. The third-order valence-corrected chi connectivity index (χ3v) is 11.8. The molecule has 3 aliphatic heterocycles. The first-order valence-corrected chi connectivity index (χ1v) is 16.9. The van der Waals surface area contributed by atoms with Gasteiger partial charge in [-0.1, -0.05) is 116 Å². The number of amides is 1. The number of carbonyl (C=O) groups is 2. The molecule has 6 nitrogen and oxygen atoms in total. The van der Waals surface area contributed by atoms with Crippen LogP contribution in [0.25, 0.3) is 0 Å². The first kappa shape index (κ1) is 30.5. The summed E-state index contributed by atoms with van der Waals surface area (Å²) in [6, 6.07) is 26.5. The van der Waals surface area contributed by atoms with Gasteiger partial charge in [0.15, 0.2) is 0 Å². The molecule has 2 saturated heterocycles. The highest BCUT2D eigenvalue weighted by Crippen LogP contribution is 2.70. The topological polar surface area (TPSA) is 71.5 Å². The Balaban J connectivity index is 1.49. The number of carbonyl (C=O) groups excluding carboxylic acids is 2. The second kappa shape index (κ2) is 10.9. The first-order valence-electron chi connectivity index (χ1n) is 16.1. The van der Waals surface area contributed by atoms with Crippen molar-refractivity contribution in [1.82, 2.24) is 9.88 Å². The highest BCUT2D eigenvalue weighted by Gasteiger charge is 2.79. The molecule has 4 heterocycles. The first-order chi connectivity index (χ1) is 22.6. The normalized spacial score (nSPS) is 29.0. The number of esters is 1. The average molecular weight is 671 g/mol. The van der Waals surface area contributed by atoms with E-state index in [0.717, 1.165) is 24.0 Å². The van der Waals surface area contributed by atoms with Crippen LogP contribution in [-0.2, 0) is 19.7 Å². The molecule has 8 rings (SSSR count). The quantitative estimate of drug-likeness (QED) is 0.175. The Morgan fingerprint density at radius 2 is 1.49 bits per heavy atom. The summed E-state index contributed by atoms with van der Waals surface area (Å²) in [5.74, 6) is -2.12. The number of halogens is 3. The smallest absolute Gasteiger partial charge is 0.324 e. The number of nitrogens with one attached hydrogen (secondary N) is 1. The summed E-state index contributed by atoms with van der Waals surface area (Å²) in [4.78, 5) is 36.7. The molecule has 47 heavy (non-hydrogen) atoms. The van der Waals surface area contributed by atoms with E-state index in [-0.39, 0.29) is 27.1 Å². The van der Waals surface area contributed by atoms with Crippen molar-refractivity contribution in [3.63, 3.8) is 0 Å². The Hall–Kier alpha value is -3.78. The molecule has 1 amide bonds. The summed E-state index contributed by atoms with van der Waals surface area (Å²) < 4.78 is 23.0. The van der Waals surface area contributed by atoms with Crippen molar-refractivity contribution in [3.8, 4) is 0 Å². The lowest BCUT2D eigenvalue weighted by Crippen LogP contribution is -2.64. The molecule has 0 radical (unpaired) electrons. The number of morpholine rings is 1. The van der Waals surface area contributed by atoms with Gasteiger partial charge in [0, 0.05) is 17.0 Å². The molecule has 3 aromatic carbocycles. The third kappa shape index (κ3) is 4.29. The fourth-order valence-corrected chi connectivity index (χ4v) is 9.56. The van der Waals surface area contributed by atoms with E-state index in [0.29, 0.717) is 24.2 Å². The van der Waals surface area contributed by atoms with E-state index >= 15 is 9.18 Å². The summed E-state index contributed by atoms with van der Waals surface area (Å²) in [5.41, 5.74) is 0.230. The van der Waals surface area contributed by atoms with E-state index in [4.69, 9.17) is 27.9 Å². The van der Waals surface area contributed by atoms with Gasteiger partial charge in [0.05, 0.1) is 11.1 Å². The Kier molecular flexibility index (Phi) is 7.07. The van der Waals surface area contributed by atoms with E-state index in [1.54, 1.807) is 18.2 Å². The maximum absolute atomic E-state index is 16.5. The van der Waals surface area contributed by atoms with Gasteiger partial charge in [-0.25, -0.2) is 9.37 Å². The number of aromatic nitrogens is 1. The SMILES string of the molecule is CC1(C)CCC2(CC1)N1C(c3ccccc3)C(c3ccccc3)OC(=O)[C@H]1[C@H](c1cccc(Cl)c1F)[C@@]21C(=O)Nc2nc(Cl)ccc21. The molecular formula is C38H34Cl2FN3O3. The Bertz CT molecular complexity index is 1900. The number of rotatable bonds is 3. The summed E-state index contributed by atoms with van der Waals surface area (Å²) in [6.45, 7) is 4.48. The predicted molar refractivity (Wildman–Crippen MR) is 179 cm³/mol. The van der Waals surface area contributed by atoms with Crippen LogP contribution in [0.15, 0.2) is 91.0 Å². The van der Waals surface area contributed by atoms with Crippen LogP contribution in [0.3, 0.4) is 0 Å². The number of anilines is 1. The number of hydrogen-bond acceptors (Lipinski definition) is 5. The Morgan fingerprint density at radius 1 is 0.830 bits per heavy atom. The maximum Gasteiger partial charge on any atom is 0.324 e. The second-order valence-corrected chi connectivity index (χ2v) is 14.9. The molecular weight excluding hydrogens is 636 g/mol. The molecule has 240 valence electrons. The molecule has 3 fully saturated rings. The minimum atomic E-state index is -1.43. The fraction of sp³-hybridized carbons (Fsp3) is 0.342. The molecule has 2 unspecified atom stereocenters. The molecule has 1 N–H and O–H groups in total. The van der Waals surface area contributed by atoms with E-state index < -0.39 is 46.8 Å². The van der Waals surface area contributed by atoms with Crippen molar-refractivity contribution < 1.29 is 18.7 Å². The van der Waals surface area contributed by atoms with E-state index in [9.17, 15) is 4.79 Å². The summed E-state index contributed by atoms with van der Waals surface area (Å²) >= 11 is 12.9. The van der Waals surface area contributed by atoms with Crippen LogP contribution >= 0.6 is 23.2 Å². The number of hydrogen-bond donors (Lipinski definition) is 1. The van der Waals surface area contributed by atoms with Crippen LogP contribution < -0.4 is 5.32 Å². The highest BCUT2D eigenvalue weighted by atomic mass is 35.5. The number of nitrogens with zero attached hydrogens (tertiary/aromatic N) is 2. The van der Waals surface area contributed by atoms with Gasteiger partial charge in [-0.3, -0.25) is 14.5 Å². The van der Waals surface area contributed by atoms with Crippen molar-refractivity contribution in [3.05, 3.63) is 129 Å². The lowest BCUT2D eigenvalue weighted by atomic mass is 9.53. The maximum atomic E-state index is 16.5. The van der Waals surface area contributed by atoms with Crippen molar-refractivity contribution in [1.29, 1.82) is 0 Å². The van der Waals surface area contributed by atoms with E-state index in [1.807, 2.05) is 66.7 Å². The summed E-state index contributed by atoms with van der Waals surface area (Å²) in [7, 11) is 0. The third-order valence-electron chi connectivity index (χ3n) is 11.3. The van der Waals surface area contributed by atoms with Crippen LogP contribution in [0.1, 0.15) is 79.8 Å². The largest absolute Gasteiger partial charge is 0.454 e. The summed E-state index contributed by atoms with van der Waals surface area (Å²) in [6.07, 6.45) is 2.07. The number of fused-ring (bicyclic) bond motifs is 5. The molecule has 4 aromatic rings.